The van der Waals surface area contributed by atoms with Gasteiger partial charge in [-0.2, -0.15) is 0 Å². The number of ether oxygens (including phenoxy) is 1. The second-order valence-electron chi connectivity index (χ2n) is 3.64. The van der Waals surface area contributed by atoms with Crippen LogP contribution in [0.2, 0.25) is 0 Å². The molecule has 0 aliphatic heterocycles. The van der Waals surface area contributed by atoms with E-state index in [4.69, 9.17) is 15.6 Å². The molecule has 104 valence electrons. The summed E-state index contributed by atoms with van der Waals surface area (Å²) in [6.07, 6.45) is 0. The number of carboxylic acids is 1. The number of nitrogens with two attached hydrogens (primary N) is 1. The molecule has 0 unspecified atom stereocenters. The van der Waals surface area contributed by atoms with Crippen molar-refractivity contribution in [1.82, 2.24) is 10.3 Å². The summed E-state index contributed by atoms with van der Waals surface area (Å²) in [7, 11) is 1.53. The van der Waals surface area contributed by atoms with Gasteiger partial charge in [0, 0.05) is 13.7 Å². The lowest BCUT2D eigenvalue weighted by Gasteiger charge is -2.09. The van der Waals surface area contributed by atoms with Crippen LogP contribution in [0.15, 0.2) is 12.1 Å². The fourth-order valence-corrected chi connectivity index (χ4v) is 1.25. The highest BCUT2D eigenvalue weighted by Crippen LogP contribution is 2.15. The maximum absolute atomic E-state index is 11.4. The van der Waals surface area contributed by atoms with E-state index in [1.54, 1.807) is 0 Å². The van der Waals surface area contributed by atoms with Gasteiger partial charge in [-0.3, -0.25) is 4.79 Å². The van der Waals surface area contributed by atoms with Gasteiger partial charge in [-0.1, -0.05) is 0 Å². The molecule has 1 rings (SSSR count). The number of amides is 1. The van der Waals surface area contributed by atoms with Gasteiger partial charge >= 0.3 is 5.97 Å². The number of pyridine rings is 1. The zero-order valence-electron chi connectivity index (χ0n) is 10.5. The molecule has 5 N–H and O–H groups in total. The van der Waals surface area contributed by atoms with E-state index in [1.165, 1.54) is 19.2 Å². The molecule has 1 aromatic rings. The normalized spacial score (nSPS) is 9.95. The number of aromatic carboxylic acids is 1. The summed E-state index contributed by atoms with van der Waals surface area (Å²) < 4.78 is 4.78. The number of nitrogens with zero attached hydrogens (tertiary/aromatic N) is 1. The van der Waals surface area contributed by atoms with Crippen molar-refractivity contribution in [2.45, 2.75) is 0 Å². The number of methoxy groups -OCH3 is 1. The molecule has 1 amide bonds. The van der Waals surface area contributed by atoms with Crippen molar-refractivity contribution in [3.05, 3.63) is 17.8 Å². The van der Waals surface area contributed by atoms with Crippen molar-refractivity contribution >= 4 is 23.4 Å². The number of aromatic nitrogens is 1. The fraction of sp³-hybridized carbons (Fsp3) is 0.364. The molecule has 19 heavy (non-hydrogen) atoms. The summed E-state index contributed by atoms with van der Waals surface area (Å²) in [5.41, 5.74) is 5.76. The van der Waals surface area contributed by atoms with Gasteiger partial charge < -0.3 is 26.2 Å². The first-order valence-corrected chi connectivity index (χ1v) is 5.54. The molecule has 0 fully saturated rings. The van der Waals surface area contributed by atoms with Crippen molar-refractivity contribution in [2.75, 3.05) is 37.9 Å². The van der Waals surface area contributed by atoms with E-state index in [1.807, 2.05) is 0 Å². The predicted octanol–water partition coefficient (Wildman–Crippen LogP) is -0.463. The summed E-state index contributed by atoms with van der Waals surface area (Å²) in [5, 5.41) is 14.1. The maximum atomic E-state index is 11.4. The SMILES string of the molecule is COCCNC(=O)CNc1nc(C(=O)O)ccc1N. The van der Waals surface area contributed by atoms with Gasteiger partial charge in [-0.15, -0.1) is 0 Å². The van der Waals surface area contributed by atoms with Crippen molar-refractivity contribution < 1.29 is 19.4 Å². The van der Waals surface area contributed by atoms with Crippen molar-refractivity contribution in [3.63, 3.8) is 0 Å². The van der Waals surface area contributed by atoms with E-state index >= 15 is 0 Å². The zero-order chi connectivity index (χ0) is 14.3. The van der Waals surface area contributed by atoms with Gasteiger partial charge in [0.25, 0.3) is 0 Å². The summed E-state index contributed by atoms with van der Waals surface area (Å²) >= 11 is 0. The molecular formula is C11H16N4O4. The number of carbonyl (C=O) groups is 2. The molecule has 0 spiro atoms. The second-order valence-corrected chi connectivity index (χ2v) is 3.64. The van der Waals surface area contributed by atoms with Gasteiger partial charge in [0.1, 0.15) is 0 Å². The van der Waals surface area contributed by atoms with Crippen LogP contribution in [-0.2, 0) is 9.53 Å². The second kappa shape index (κ2) is 7.17. The molecule has 0 radical (unpaired) electrons. The number of anilines is 2. The molecule has 1 heterocycles. The van der Waals surface area contributed by atoms with Crippen molar-refractivity contribution in [3.8, 4) is 0 Å². The van der Waals surface area contributed by atoms with Crippen LogP contribution in [0, 0.1) is 0 Å². The van der Waals surface area contributed by atoms with Crippen LogP contribution in [0.3, 0.4) is 0 Å². The van der Waals surface area contributed by atoms with Gasteiger partial charge in [-0.25, -0.2) is 9.78 Å². The van der Waals surface area contributed by atoms with E-state index in [0.29, 0.717) is 13.2 Å². The lowest BCUT2D eigenvalue weighted by molar-refractivity contribution is -0.119. The zero-order valence-corrected chi connectivity index (χ0v) is 10.5. The van der Waals surface area contributed by atoms with E-state index in [9.17, 15) is 9.59 Å². The van der Waals surface area contributed by atoms with Gasteiger partial charge in [0.15, 0.2) is 11.5 Å². The Morgan fingerprint density at radius 3 is 2.84 bits per heavy atom. The number of nitrogen functional groups attached to an aromatic ring is 1. The quantitative estimate of drug-likeness (QED) is 0.493. The third kappa shape index (κ3) is 4.80. The number of hydrogen-bond acceptors (Lipinski definition) is 6. The molecule has 8 heteroatoms. The van der Waals surface area contributed by atoms with Crippen LogP contribution in [0.25, 0.3) is 0 Å². The molecule has 0 aliphatic rings. The minimum absolute atomic E-state index is 0.0516. The number of hydrogen-bond donors (Lipinski definition) is 4. The summed E-state index contributed by atoms with van der Waals surface area (Å²) in [5.74, 6) is -1.26. The summed E-state index contributed by atoms with van der Waals surface area (Å²) in [6, 6.07) is 2.71. The third-order valence-electron chi connectivity index (χ3n) is 2.19. The number of nitrogens with one attached hydrogen (secondary N) is 2. The van der Waals surface area contributed by atoms with E-state index in [2.05, 4.69) is 15.6 Å². The average molecular weight is 268 g/mol. The monoisotopic (exact) mass is 268 g/mol. The number of carboxylic acid groups (broad SMARTS) is 1. The smallest absolute Gasteiger partial charge is 0.354 e. The van der Waals surface area contributed by atoms with Crippen molar-refractivity contribution in [1.29, 1.82) is 0 Å². The van der Waals surface area contributed by atoms with Crippen LogP contribution >= 0.6 is 0 Å². The molecule has 0 saturated heterocycles. The molecular weight excluding hydrogens is 252 g/mol. The third-order valence-corrected chi connectivity index (χ3v) is 2.19. The molecule has 0 atom stereocenters. The van der Waals surface area contributed by atoms with E-state index in [0.717, 1.165) is 0 Å². The summed E-state index contributed by atoms with van der Waals surface area (Å²) in [6.45, 7) is 0.764. The number of carbonyl (C=O) groups excluding carboxylic acids is 1. The lowest BCUT2D eigenvalue weighted by atomic mass is 10.3. The Bertz CT molecular complexity index is 464. The van der Waals surface area contributed by atoms with Gasteiger partial charge in [-0.05, 0) is 12.1 Å². The largest absolute Gasteiger partial charge is 0.477 e. The Kier molecular flexibility index (Phi) is 5.55. The van der Waals surface area contributed by atoms with E-state index < -0.39 is 5.97 Å². The Hall–Kier alpha value is -2.35. The Balaban J connectivity index is 2.54. The Morgan fingerprint density at radius 2 is 2.21 bits per heavy atom. The standard InChI is InChI=1S/C11H16N4O4/c1-19-5-4-13-9(16)6-14-10-7(12)2-3-8(15-10)11(17)18/h2-3H,4-6,12H2,1H3,(H,13,16)(H,14,15)(H,17,18). The molecule has 0 aromatic carbocycles. The lowest BCUT2D eigenvalue weighted by Crippen LogP contribution is -2.32. The molecule has 1 aromatic heterocycles. The van der Waals surface area contributed by atoms with Gasteiger partial charge in [0.2, 0.25) is 5.91 Å². The van der Waals surface area contributed by atoms with Crippen LogP contribution in [-0.4, -0.2) is 48.8 Å². The predicted molar refractivity (Wildman–Crippen MR) is 69.0 cm³/mol. The van der Waals surface area contributed by atoms with Gasteiger partial charge in [0.05, 0.1) is 18.8 Å². The first-order valence-electron chi connectivity index (χ1n) is 5.54. The topological polar surface area (TPSA) is 127 Å². The Morgan fingerprint density at radius 1 is 1.47 bits per heavy atom. The summed E-state index contributed by atoms with van der Waals surface area (Å²) in [4.78, 5) is 26.0. The van der Waals surface area contributed by atoms with E-state index in [-0.39, 0.29) is 29.7 Å². The van der Waals surface area contributed by atoms with Crippen LogP contribution < -0.4 is 16.4 Å². The minimum atomic E-state index is -1.16. The highest BCUT2D eigenvalue weighted by Gasteiger charge is 2.09. The first-order chi connectivity index (χ1) is 9.04. The van der Waals surface area contributed by atoms with Crippen LogP contribution in [0.1, 0.15) is 10.5 Å². The molecule has 0 aliphatic carbocycles. The number of rotatable bonds is 7. The molecule has 0 saturated carbocycles. The van der Waals surface area contributed by atoms with Crippen molar-refractivity contribution in [2.24, 2.45) is 0 Å². The molecule has 8 nitrogen and oxygen atoms in total. The maximum Gasteiger partial charge on any atom is 0.354 e. The molecule has 0 bridgehead atoms. The highest BCUT2D eigenvalue weighted by molar-refractivity contribution is 5.87. The van der Waals surface area contributed by atoms with Crippen LogP contribution in [0.4, 0.5) is 11.5 Å². The highest BCUT2D eigenvalue weighted by atomic mass is 16.5. The fourth-order valence-electron chi connectivity index (χ4n) is 1.25. The Labute approximate surface area is 110 Å². The average Bonchev–Trinajstić information content (AvgIpc) is 2.37. The first kappa shape index (κ1) is 14.7. The minimum Gasteiger partial charge on any atom is -0.477 e. The van der Waals surface area contributed by atoms with Crippen LogP contribution in [0.5, 0.6) is 0 Å².